The molecule has 5 nitrogen and oxygen atoms in total. The molecule has 0 aromatic carbocycles. The Morgan fingerprint density at radius 1 is 1.50 bits per heavy atom. The van der Waals surface area contributed by atoms with Crippen LogP contribution >= 0.6 is 0 Å². The molecule has 1 unspecified atom stereocenters. The van der Waals surface area contributed by atoms with E-state index in [-0.39, 0.29) is 11.9 Å². The van der Waals surface area contributed by atoms with E-state index in [2.05, 4.69) is 4.98 Å². The van der Waals surface area contributed by atoms with Gasteiger partial charge in [-0.1, -0.05) is 0 Å². The van der Waals surface area contributed by atoms with Crippen LogP contribution in [0.4, 0.5) is 5.82 Å². The maximum Gasteiger partial charge on any atom is 0.240 e. The summed E-state index contributed by atoms with van der Waals surface area (Å²) in [6, 6.07) is 1.69. The predicted molar refractivity (Wildman–Crippen MR) is 69.2 cm³/mol. The lowest BCUT2D eigenvalue weighted by atomic mass is 10.2. The summed E-state index contributed by atoms with van der Waals surface area (Å²) in [6.07, 6.45) is 8.46. The number of carbonyl (C=O) groups excluding carboxylic acids is 1. The zero-order valence-electron chi connectivity index (χ0n) is 10.2. The van der Waals surface area contributed by atoms with E-state index in [1.165, 1.54) is 0 Å². The lowest BCUT2D eigenvalue weighted by Gasteiger charge is -2.24. The molecule has 5 heteroatoms. The Hall–Kier alpha value is -2.04. The maximum absolute atomic E-state index is 11.5. The van der Waals surface area contributed by atoms with Gasteiger partial charge in [-0.2, -0.15) is 0 Å². The number of anilines is 1. The first-order valence-corrected chi connectivity index (χ1v) is 6.00. The Morgan fingerprint density at radius 2 is 2.33 bits per heavy atom. The topological polar surface area (TPSA) is 63.6 Å². The molecule has 1 aliphatic rings. The zero-order valence-corrected chi connectivity index (χ0v) is 10.2. The summed E-state index contributed by atoms with van der Waals surface area (Å²) >= 11 is 0. The van der Waals surface area contributed by atoms with Crippen LogP contribution in [0, 0.1) is 13.3 Å². The molecular formula is C13H15N4O. The highest BCUT2D eigenvalue weighted by atomic mass is 16.1. The number of rotatable bonds is 2. The maximum atomic E-state index is 11.5. The molecular weight excluding hydrogens is 228 g/mol. The fourth-order valence-electron chi connectivity index (χ4n) is 2.56. The minimum Gasteiger partial charge on any atom is -0.368 e. The van der Waals surface area contributed by atoms with Crippen LogP contribution in [0.1, 0.15) is 12.0 Å². The molecule has 0 bridgehead atoms. The van der Waals surface area contributed by atoms with Gasteiger partial charge in [0.2, 0.25) is 5.91 Å². The van der Waals surface area contributed by atoms with Crippen LogP contribution in [0.2, 0.25) is 0 Å². The second-order valence-electron chi connectivity index (χ2n) is 4.57. The van der Waals surface area contributed by atoms with Crippen LogP contribution in [0.15, 0.2) is 24.7 Å². The van der Waals surface area contributed by atoms with Gasteiger partial charge in [-0.15, -0.1) is 0 Å². The number of amides is 1. The van der Waals surface area contributed by atoms with Crippen molar-refractivity contribution in [3.63, 3.8) is 0 Å². The molecule has 1 fully saturated rings. The van der Waals surface area contributed by atoms with Gasteiger partial charge in [-0.3, -0.25) is 4.79 Å². The molecule has 3 heterocycles. The molecule has 93 valence electrons. The number of hydrogen-bond acceptors (Lipinski definition) is 3. The summed E-state index contributed by atoms with van der Waals surface area (Å²) in [5.41, 5.74) is 7.62. The first-order chi connectivity index (χ1) is 8.68. The van der Waals surface area contributed by atoms with E-state index >= 15 is 0 Å². The van der Waals surface area contributed by atoms with Gasteiger partial charge in [0, 0.05) is 25.1 Å². The second-order valence-corrected chi connectivity index (χ2v) is 4.57. The Balaban J connectivity index is 2.14. The lowest BCUT2D eigenvalue weighted by molar-refractivity contribution is -0.118. The molecule has 2 aromatic rings. The summed E-state index contributed by atoms with van der Waals surface area (Å²) in [5.74, 6) is 0.512. The Bertz CT molecular complexity index is 604. The lowest BCUT2D eigenvalue weighted by Crippen LogP contribution is -2.41. The van der Waals surface area contributed by atoms with Crippen molar-refractivity contribution in [2.45, 2.75) is 19.4 Å². The molecule has 18 heavy (non-hydrogen) atoms. The Morgan fingerprint density at radius 3 is 3.11 bits per heavy atom. The minimum absolute atomic E-state index is 0.319. The quantitative estimate of drug-likeness (QED) is 0.852. The highest BCUT2D eigenvalue weighted by molar-refractivity contribution is 5.88. The monoisotopic (exact) mass is 243 g/mol. The molecule has 2 N–H and O–H groups in total. The van der Waals surface area contributed by atoms with E-state index < -0.39 is 0 Å². The number of nitrogens with two attached hydrogens (primary N) is 1. The molecule has 1 aliphatic heterocycles. The summed E-state index contributed by atoms with van der Waals surface area (Å²) in [5, 5.41) is 0. The Labute approximate surface area is 105 Å². The fourth-order valence-corrected chi connectivity index (χ4v) is 2.56. The molecule has 0 aliphatic carbocycles. The van der Waals surface area contributed by atoms with Gasteiger partial charge < -0.3 is 15.0 Å². The Kier molecular flexibility index (Phi) is 2.47. The standard InChI is InChI=1S/C13H15N4O/c1-9-4-7-16-8-5-15-13(11(9)16)17-6-2-3-10(17)12(14)18/h3-5,7-8,10H,2,6H2,1H3,(H2,14,18). The van der Waals surface area contributed by atoms with Gasteiger partial charge in [-0.05, 0) is 31.4 Å². The first kappa shape index (κ1) is 11.1. The number of primary amides is 1. The normalized spacial score (nSPS) is 19.6. The number of hydrogen-bond donors (Lipinski definition) is 1. The minimum atomic E-state index is -0.349. The third kappa shape index (κ3) is 1.54. The van der Waals surface area contributed by atoms with Gasteiger partial charge in [0.25, 0.3) is 0 Å². The number of carbonyl (C=O) groups is 1. The van der Waals surface area contributed by atoms with Crippen molar-refractivity contribution in [3.05, 3.63) is 36.6 Å². The van der Waals surface area contributed by atoms with E-state index in [9.17, 15) is 4.79 Å². The summed E-state index contributed by atoms with van der Waals surface area (Å²) < 4.78 is 2.02. The summed E-state index contributed by atoms with van der Waals surface area (Å²) in [6.45, 7) is 2.82. The van der Waals surface area contributed by atoms with Crippen molar-refractivity contribution in [1.29, 1.82) is 0 Å². The van der Waals surface area contributed by atoms with Crippen LogP contribution in [0.3, 0.4) is 0 Å². The van der Waals surface area contributed by atoms with Gasteiger partial charge in [0.05, 0.1) is 5.52 Å². The molecule has 1 amide bonds. The van der Waals surface area contributed by atoms with Crippen LogP contribution < -0.4 is 10.6 Å². The van der Waals surface area contributed by atoms with Crippen LogP contribution in [0.5, 0.6) is 0 Å². The third-order valence-corrected chi connectivity index (χ3v) is 3.41. The predicted octanol–water partition coefficient (Wildman–Crippen LogP) is 0.911. The highest BCUT2D eigenvalue weighted by Gasteiger charge is 2.31. The number of aryl methyl sites for hydroxylation is 1. The van der Waals surface area contributed by atoms with Crippen molar-refractivity contribution >= 4 is 17.2 Å². The van der Waals surface area contributed by atoms with E-state index in [0.29, 0.717) is 0 Å². The van der Waals surface area contributed by atoms with Gasteiger partial charge in [0.1, 0.15) is 6.04 Å². The van der Waals surface area contributed by atoms with Crippen molar-refractivity contribution < 1.29 is 4.79 Å². The average Bonchev–Trinajstić information content (AvgIpc) is 2.96. The van der Waals surface area contributed by atoms with Crippen molar-refractivity contribution in [2.75, 3.05) is 11.4 Å². The summed E-state index contributed by atoms with van der Waals surface area (Å²) in [7, 11) is 0. The average molecular weight is 243 g/mol. The van der Waals surface area contributed by atoms with E-state index in [1.807, 2.05) is 41.1 Å². The molecule has 0 saturated carbocycles. The van der Waals surface area contributed by atoms with Crippen LogP contribution in [-0.2, 0) is 4.79 Å². The molecule has 2 aromatic heterocycles. The highest BCUT2D eigenvalue weighted by Crippen LogP contribution is 2.28. The zero-order chi connectivity index (χ0) is 12.7. The molecule has 1 atom stereocenters. The van der Waals surface area contributed by atoms with E-state index in [1.54, 1.807) is 6.20 Å². The molecule has 1 radical (unpaired) electrons. The third-order valence-electron chi connectivity index (χ3n) is 3.41. The van der Waals surface area contributed by atoms with Crippen molar-refractivity contribution in [1.82, 2.24) is 9.38 Å². The first-order valence-electron chi connectivity index (χ1n) is 6.00. The number of fused-ring (bicyclic) bond motifs is 1. The van der Waals surface area contributed by atoms with Gasteiger partial charge in [0.15, 0.2) is 5.82 Å². The molecule has 3 rings (SSSR count). The van der Waals surface area contributed by atoms with Crippen LogP contribution in [-0.4, -0.2) is 27.9 Å². The van der Waals surface area contributed by atoms with E-state index in [4.69, 9.17) is 5.73 Å². The van der Waals surface area contributed by atoms with Crippen molar-refractivity contribution in [2.24, 2.45) is 5.73 Å². The van der Waals surface area contributed by atoms with Gasteiger partial charge in [-0.25, -0.2) is 4.98 Å². The molecule has 1 saturated heterocycles. The smallest absolute Gasteiger partial charge is 0.240 e. The van der Waals surface area contributed by atoms with E-state index in [0.717, 1.165) is 29.9 Å². The SMILES string of the molecule is Cc1ccn2ccnc(N3CC[CH]C3C(N)=O)c12. The number of nitrogens with zero attached hydrogens (tertiary/aromatic N) is 3. The van der Waals surface area contributed by atoms with Crippen molar-refractivity contribution in [3.8, 4) is 0 Å². The fraction of sp³-hybridized carbons (Fsp3) is 0.308. The largest absolute Gasteiger partial charge is 0.368 e. The summed E-state index contributed by atoms with van der Waals surface area (Å²) in [4.78, 5) is 17.9. The van der Waals surface area contributed by atoms with Crippen LogP contribution in [0.25, 0.3) is 5.52 Å². The second kappa shape index (κ2) is 4.01. The van der Waals surface area contributed by atoms with Gasteiger partial charge >= 0.3 is 0 Å². The number of aromatic nitrogens is 2. The molecule has 0 spiro atoms.